The molecule has 0 radical (unpaired) electrons. The molecule has 0 N–H and O–H groups in total. The van der Waals surface area contributed by atoms with E-state index in [1.807, 2.05) is 20.8 Å². The molecule has 0 aliphatic heterocycles. The third kappa shape index (κ3) is 8.27. The first-order valence-corrected chi connectivity index (χ1v) is 19.3. The number of rotatable bonds is 14. The summed E-state index contributed by atoms with van der Waals surface area (Å²) in [6.07, 6.45) is 0.573. The number of methoxy groups -OCH3 is 1. The fraction of sp³-hybridized carbons (Fsp3) is 0.577. The second-order valence-electron chi connectivity index (χ2n) is 8.58. The van der Waals surface area contributed by atoms with Crippen molar-refractivity contribution in [3.05, 3.63) is 51.6 Å². The van der Waals surface area contributed by atoms with Gasteiger partial charge in [0.2, 0.25) is 0 Å². The number of hydrogen-bond donors (Lipinski definition) is 0. The summed E-state index contributed by atoms with van der Waals surface area (Å²) in [6.45, 7) is 9.91. The quantitative estimate of drug-likeness (QED) is 0.130. The van der Waals surface area contributed by atoms with Crippen LogP contribution in [0.15, 0.2) is 46.1 Å². The summed E-state index contributed by atoms with van der Waals surface area (Å²) >= 11 is -3.91. The fourth-order valence-corrected chi connectivity index (χ4v) is 21.8. The van der Waals surface area contributed by atoms with Crippen molar-refractivity contribution in [1.29, 1.82) is 0 Å². The van der Waals surface area contributed by atoms with Gasteiger partial charge in [-0.15, -0.1) is 0 Å². The van der Waals surface area contributed by atoms with E-state index >= 15 is 13.2 Å². The monoisotopic (exact) mass is 560 g/mol. The summed E-state index contributed by atoms with van der Waals surface area (Å²) in [5.41, 5.74) is 0.845. The van der Waals surface area contributed by atoms with Crippen molar-refractivity contribution >= 4 is 29.9 Å². The summed E-state index contributed by atoms with van der Waals surface area (Å²) < 4.78 is 51.6. The average Bonchev–Trinajstić information content (AvgIpc) is 2.78. The summed E-state index contributed by atoms with van der Waals surface area (Å²) in [4.78, 5) is 12.1. The predicted octanol–water partition coefficient (Wildman–Crippen LogP) is 8.51. The van der Waals surface area contributed by atoms with Gasteiger partial charge in [-0.3, -0.25) is 0 Å². The SMILES string of the molecule is C=C(C/C(=[C](\C(F)(F)F)[Sn]([CH2]CCC)([CH2]CCC)[CH2]CCC)c1ccccc1)C(=O)OC. The second-order valence-corrected chi connectivity index (χ2v) is 21.6. The first kappa shape index (κ1) is 28.8. The van der Waals surface area contributed by atoms with Crippen molar-refractivity contribution in [2.45, 2.75) is 85.2 Å². The molecule has 6 heteroatoms. The van der Waals surface area contributed by atoms with Gasteiger partial charge in [-0.25, -0.2) is 0 Å². The molecule has 0 fully saturated rings. The number of halogens is 3. The van der Waals surface area contributed by atoms with E-state index in [1.165, 1.54) is 7.11 Å². The topological polar surface area (TPSA) is 26.3 Å². The number of esters is 1. The molecule has 0 unspecified atom stereocenters. The average molecular weight is 559 g/mol. The standard InChI is InChI=1S/C14H12F3O2.3C4H9.Sn/c1-10(13(18)19-2)8-12(9-14(15,16)17)11-6-4-3-5-7-11;3*1-3-4-2;/h3-7H,1,8H2,2H3;3*1,3-4H2,2H3;. The number of hydrogen-bond acceptors (Lipinski definition) is 2. The summed E-state index contributed by atoms with van der Waals surface area (Å²) in [6, 6.07) is 8.76. The van der Waals surface area contributed by atoms with Gasteiger partial charge in [0.25, 0.3) is 0 Å². The predicted molar refractivity (Wildman–Crippen MR) is 130 cm³/mol. The van der Waals surface area contributed by atoms with Crippen molar-refractivity contribution in [2.24, 2.45) is 0 Å². The maximum absolute atomic E-state index is 15.0. The molecule has 0 aliphatic rings. The van der Waals surface area contributed by atoms with Gasteiger partial charge in [0, 0.05) is 0 Å². The van der Waals surface area contributed by atoms with E-state index in [9.17, 15) is 4.79 Å². The first-order chi connectivity index (χ1) is 15.2. The van der Waals surface area contributed by atoms with Crippen LogP contribution in [0.25, 0.3) is 5.57 Å². The molecule has 0 spiro atoms. The zero-order chi connectivity index (χ0) is 24.2. The Morgan fingerprint density at radius 1 is 0.938 bits per heavy atom. The van der Waals surface area contributed by atoms with Crippen molar-refractivity contribution in [2.75, 3.05) is 7.11 Å². The molecule has 0 atom stereocenters. The number of benzene rings is 1. The van der Waals surface area contributed by atoms with Crippen LogP contribution in [0.5, 0.6) is 0 Å². The van der Waals surface area contributed by atoms with Crippen LogP contribution in [-0.2, 0) is 9.53 Å². The molecule has 0 saturated carbocycles. The molecular formula is C26H39F3O2Sn. The third-order valence-corrected chi connectivity index (χ3v) is 22.0. The Hall–Kier alpha value is -1.24. The van der Waals surface area contributed by atoms with Crippen LogP contribution in [0.1, 0.15) is 71.3 Å². The second kappa shape index (κ2) is 14.1. The molecule has 1 rings (SSSR count). The Labute approximate surface area is 196 Å². The van der Waals surface area contributed by atoms with E-state index in [1.54, 1.807) is 30.3 Å². The molecule has 0 saturated heterocycles. The van der Waals surface area contributed by atoms with Crippen molar-refractivity contribution in [3.63, 3.8) is 0 Å². The molecule has 0 heterocycles. The zero-order valence-corrected chi connectivity index (χ0v) is 23.0. The van der Waals surface area contributed by atoms with E-state index in [2.05, 4.69) is 6.58 Å². The van der Waals surface area contributed by atoms with Gasteiger partial charge in [0.05, 0.1) is 0 Å². The Kier molecular flexibility index (Phi) is 12.7. The van der Waals surface area contributed by atoms with Gasteiger partial charge >= 0.3 is 197 Å². The summed E-state index contributed by atoms with van der Waals surface area (Å²) in [5.74, 6) is -0.656. The van der Waals surface area contributed by atoms with Crippen molar-refractivity contribution in [3.8, 4) is 0 Å². The van der Waals surface area contributed by atoms with Crippen LogP contribution in [0, 0.1) is 0 Å². The molecule has 1 aromatic carbocycles. The molecule has 0 aromatic heterocycles. The number of carbonyl (C=O) groups is 1. The number of alkyl halides is 3. The molecule has 0 bridgehead atoms. The third-order valence-electron chi connectivity index (χ3n) is 6.13. The van der Waals surface area contributed by atoms with Gasteiger partial charge in [-0.1, -0.05) is 0 Å². The molecule has 1 aromatic rings. The van der Waals surface area contributed by atoms with E-state index in [4.69, 9.17) is 4.74 Å². The van der Waals surface area contributed by atoms with E-state index < -0.39 is 30.5 Å². The summed E-state index contributed by atoms with van der Waals surface area (Å²) in [7, 11) is 1.23. The first-order valence-electron chi connectivity index (χ1n) is 11.8. The molecule has 32 heavy (non-hydrogen) atoms. The maximum atomic E-state index is 15.0. The minimum absolute atomic E-state index is 0.0646. The van der Waals surface area contributed by atoms with Crippen molar-refractivity contribution < 1.29 is 22.7 Å². The fourth-order valence-electron chi connectivity index (χ4n) is 4.49. The molecule has 0 amide bonds. The van der Waals surface area contributed by atoms with Crippen LogP contribution in [-0.4, -0.2) is 37.6 Å². The van der Waals surface area contributed by atoms with Gasteiger partial charge in [0.1, 0.15) is 0 Å². The minimum atomic E-state index is -4.42. The molecule has 180 valence electrons. The van der Waals surface area contributed by atoms with Crippen LogP contribution >= 0.6 is 0 Å². The van der Waals surface area contributed by atoms with Crippen molar-refractivity contribution in [1.82, 2.24) is 0 Å². The zero-order valence-electron chi connectivity index (χ0n) is 20.1. The molecular weight excluding hydrogens is 520 g/mol. The van der Waals surface area contributed by atoms with Gasteiger partial charge in [-0.05, 0) is 0 Å². The number of unbranched alkanes of at least 4 members (excludes halogenated alkanes) is 3. The normalized spacial score (nSPS) is 13.0. The van der Waals surface area contributed by atoms with E-state index in [0.717, 1.165) is 38.5 Å². The van der Waals surface area contributed by atoms with Gasteiger partial charge in [-0.2, -0.15) is 0 Å². The Balaban J connectivity index is 3.91. The molecule has 0 aliphatic carbocycles. The Morgan fingerprint density at radius 3 is 1.78 bits per heavy atom. The van der Waals surface area contributed by atoms with Gasteiger partial charge in [0.15, 0.2) is 0 Å². The van der Waals surface area contributed by atoms with Crippen LogP contribution in [0.4, 0.5) is 13.2 Å². The van der Waals surface area contributed by atoms with Crippen LogP contribution in [0.2, 0.25) is 13.3 Å². The Morgan fingerprint density at radius 2 is 1.41 bits per heavy atom. The van der Waals surface area contributed by atoms with Crippen LogP contribution < -0.4 is 0 Å². The number of allylic oxidation sites excluding steroid dienone is 2. The summed E-state index contributed by atoms with van der Waals surface area (Å²) in [5, 5.41) is 0. The van der Waals surface area contributed by atoms with Crippen LogP contribution in [0.3, 0.4) is 0 Å². The van der Waals surface area contributed by atoms with E-state index in [-0.39, 0.29) is 21.2 Å². The number of ether oxygens (including phenoxy) is 1. The number of carbonyl (C=O) groups excluding carboxylic acids is 1. The van der Waals surface area contributed by atoms with Gasteiger partial charge < -0.3 is 0 Å². The molecule has 2 nitrogen and oxygen atoms in total. The van der Waals surface area contributed by atoms with E-state index in [0.29, 0.717) is 18.9 Å². The Bertz CT molecular complexity index is 732.